The Labute approximate surface area is 149 Å². The minimum Gasteiger partial charge on any atom is -0.481 e. The molecule has 1 aromatic carbocycles. The Morgan fingerprint density at radius 3 is 2.68 bits per heavy atom. The summed E-state index contributed by atoms with van der Waals surface area (Å²) in [6.45, 7) is 5.14. The maximum absolute atomic E-state index is 12.7. The molecule has 2 rings (SSSR count). The van der Waals surface area contributed by atoms with Crippen LogP contribution in [0.15, 0.2) is 30.3 Å². The first kappa shape index (κ1) is 19.2. The molecule has 1 aromatic rings. The van der Waals surface area contributed by atoms with Gasteiger partial charge in [0, 0.05) is 25.6 Å². The van der Waals surface area contributed by atoms with Crippen LogP contribution >= 0.6 is 0 Å². The summed E-state index contributed by atoms with van der Waals surface area (Å²) in [5.74, 6) is -0.849. The molecule has 3 atom stereocenters. The first-order chi connectivity index (χ1) is 12.0. The zero-order chi connectivity index (χ0) is 18.2. The normalized spacial score (nSPS) is 21.6. The van der Waals surface area contributed by atoms with Gasteiger partial charge in [-0.05, 0) is 31.7 Å². The van der Waals surface area contributed by atoms with Gasteiger partial charge < -0.3 is 20.1 Å². The second-order valence-electron chi connectivity index (χ2n) is 6.65. The molecule has 1 aliphatic heterocycles. The fourth-order valence-electron chi connectivity index (χ4n) is 3.12. The first-order valence-corrected chi connectivity index (χ1v) is 8.94. The van der Waals surface area contributed by atoms with E-state index in [1.54, 1.807) is 4.90 Å². The predicted molar refractivity (Wildman–Crippen MR) is 95.5 cm³/mol. The fourth-order valence-corrected chi connectivity index (χ4v) is 3.12. The second kappa shape index (κ2) is 9.42. The molecule has 1 saturated heterocycles. The number of morpholine rings is 1. The van der Waals surface area contributed by atoms with E-state index in [1.807, 2.05) is 44.2 Å². The summed E-state index contributed by atoms with van der Waals surface area (Å²) in [5.41, 5.74) is 1.08. The third-order valence-electron chi connectivity index (χ3n) is 4.43. The number of hydrogen-bond acceptors (Lipinski definition) is 3. The number of carbonyl (C=O) groups excluding carboxylic acids is 1. The highest BCUT2D eigenvalue weighted by molar-refractivity contribution is 5.75. The molecule has 25 heavy (non-hydrogen) atoms. The van der Waals surface area contributed by atoms with Crippen molar-refractivity contribution < 1.29 is 19.4 Å². The highest BCUT2D eigenvalue weighted by Gasteiger charge is 2.28. The van der Waals surface area contributed by atoms with Gasteiger partial charge in [-0.2, -0.15) is 0 Å². The van der Waals surface area contributed by atoms with Gasteiger partial charge in [-0.3, -0.25) is 4.79 Å². The number of rotatable bonds is 7. The van der Waals surface area contributed by atoms with Crippen LogP contribution in [0, 0.1) is 0 Å². The summed E-state index contributed by atoms with van der Waals surface area (Å²) >= 11 is 0. The number of carboxylic acid groups (broad SMARTS) is 1. The molecule has 0 spiro atoms. The number of urea groups is 1. The summed E-state index contributed by atoms with van der Waals surface area (Å²) in [6.07, 6.45) is 2.00. The molecule has 1 heterocycles. The third kappa shape index (κ3) is 6.38. The number of amides is 2. The van der Waals surface area contributed by atoms with E-state index in [4.69, 9.17) is 9.84 Å². The largest absolute Gasteiger partial charge is 0.481 e. The molecule has 6 nitrogen and oxygen atoms in total. The second-order valence-corrected chi connectivity index (χ2v) is 6.65. The fraction of sp³-hybridized carbons (Fsp3) is 0.579. The number of benzene rings is 1. The molecule has 3 unspecified atom stereocenters. The van der Waals surface area contributed by atoms with Crippen LogP contribution in [0.2, 0.25) is 0 Å². The number of hydrogen-bond donors (Lipinski definition) is 2. The topological polar surface area (TPSA) is 78.9 Å². The molecule has 2 N–H and O–H groups in total. The van der Waals surface area contributed by atoms with Crippen LogP contribution in [0.1, 0.15) is 38.7 Å². The van der Waals surface area contributed by atoms with Gasteiger partial charge in [0.1, 0.15) is 0 Å². The van der Waals surface area contributed by atoms with Crippen LogP contribution < -0.4 is 5.32 Å². The molecule has 0 bridgehead atoms. The van der Waals surface area contributed by atoms with Gasteiger partial charge in [0.2, 0.25) is 0 Å². The van der Waals surface area contributed by atoms with Crippen molar-refractivity contribution in [1.29, 1.82) is 0 Å². The molecule has 0 radical (unpaired) electrons. The molecule has 0 aromatic heterocycles. The Morgan fingerprint density at radius 1 is 1.32 bits per heavy atom. The van der Waals surface area contributed by atoms with Gasteiger partial charge in [0.25, 0.3) is 0 Å². The van der Waals surface area contributed by atoms with E-state index in [2.05, 4.69) is 5.32 Å². The molecular formula is C19H28N2O4. The monoisotopic (exact) mass is 348 g/mol. The number of carboxylic acids is 1. The Balaban J connectivity index is 1.98. The number of nitrogens with one attached hydrogen (secondary N) is 1. The first-order valence-electron chi connectivity index (χ1n) is 8.94. The molecular weight excluding hydrogens is 320 g/mol. The minimum absolute atomic E-state index is 0.0102. The highest BCUT2D eigenvalue weighted by Crippen LogP contribution is 2.15. The zero-order valence-electron chi connectivity index (χ0n) is 15.0. The Kier molecular flexibility index (Phi) is 7.25. The van der Waals surface area contributed by atoms with Crippen molar-refractivity contribution in [3.8, 4) is 0 Å². The Hall–Kier alpha value is -2.08. The van der Waals surface area contributed by atoms with Crippen LogP contribution in [0.25, 0.3) is 0 Å². The summed E-state index contributed by atoms with van der Waals surface area (Å²) in [7, 11) is 0. The van der Waals surface area contributed by atoms with E-state index in [0.717, 1.165) is 12.0 Å². The van der Waals surface area contributed by atoms with Crippen molar-refractivity contribution in [3.05, 3.63) is 35.9 Å². The van der Waals surface area contributed by atoms with Gasteiger partial charge in [-0.1, -0.05) is 37.3 Å². The summed E-state index contributed by atoms with van der Waals surface area (Å²) in [5, 5.41) is 12.0. The van der Waals surface area contributed by atoms with Crippen LogP contribution in [-0.4, -0.2) is 53.3 Å². The zero-order valence-corrected chi connectivity index (χ0v) is 15.0. The molecule has 2 amide bonds. The Morgan fingerprint density at radius 2 is 2.04 bits per heavy atom. The van der Waals surface area contributed by atoms with E-state index in [0.29, 0.717) is 25.9 Å². The highest BCUT2D eigenvalue weighted by atomic mass is 16.5. The van der Waals surface area contributed by atoms with E-state index in [9.17, 15) is 9.59 Å². The van der Waals surface area contributed by atoms with Crippen molar-refractivity contribution >= 4 is 12.0 Å². The quantitative estimate of drug-likeness (QED) is 0.794. The van der Waals surface area contributed by atoms with E-state index < -0.39 is 5.97 Å². The van der Waals surface area contributed by atoms with Gasteiger partial charge >= 0.3 is 12.0 Å². The van der Waals surface area contributed by atoms with E-state index >= 15 is 0 Å². The number of nitrogens with zero attached hydrogens (tertiary/aromatic N) is 1. The smallest absolute Gasteiger partial charge is 0.317 e. The minimum atomic E-state index is -0.849. The third-order valence-corrected chi connectivity index (χ3v) is 4.43. The summed E-state index contributed by atoms with van der Waals surface area (Å²) in [6, 6.07) is 9.47. The van der Waals surface area contributed by atoms with E-state index in [-0.39, 0.29) is 30.7 Å². The molecule has 1 aliphatic rings. The van der Waals surface area contributed by atoms with E-state index in [1.165, 1.54) is 0 Å². The average Bonchev–Trinajstić information content (AvgIpc) is 2.59. The number of carbonyl (C=O) groups is 2. The van der Waals surface area contributed by atoms with Gasteiger partial charge in [0.05, 0.1) is 12.2 Å². The Bertz CT molecular complexity index is 564. The van der Waals surface area contributed by atoms with Crippen molar-refractivity contribution in [2.45, 2.75) is 57.8 Å². The van der Waals surface area contributed by atoms with Crippen LogP contribution in [0.4, 0.5) is 4.79 Å². The van der Waals surface area contributed by atoms with Crippen LogP contribution in [0.3, 0.4) is 0 Å². The molecule has 0 saturated carbocycles. The molecule has 1 fully saturated rings. The summed E-state index contributed by atoms with van der Waals surface area (Å²) < 4.78 is 5.80. The maximum Gasteiger partial charge on any atom is 0.317 e. The van der Waals surface area contributed by atoms with Gasteiger partial charge in [-0.15, -0.1) is 0 Å². The van der Waals surface area contributed by atoms with Crippen LogP contribution in [-0.2, 0) is 16.0 Å². The van der Waals surface area contributed by atoms with Gasteiger partial charge in [-0.25, -0.2) is 4.79 Å². The average molecular weight is 348 g/mol. The van der Waals surface area contributed by atoms with Crippen molar-refractivity contribution in [2.75, 3.05) is 13.1 Å². The maximum atomic E-state index is 12.7. The lowest BCUT2D eigenvalue weighted by Gasteiger charge is -2.37. The lowest BCUT2D eigenvalue weighted by Crippen LogP contribution is -2.54. The molecule has 0 aliphatic carbocycles. The lowest BCUT2D eigenvalue weighted by atomic mass is 10.0. The number of aliphatic carboxylic acids is 1. The summed E-state index contributed by atoms with van der Waals surface area (Å²) in [4.78, 5) is 25.4. The predicted octanol–water partition coefficient (Wildman–Crippen LogP) is 2.67. The molecule has 6 heteroatoms. The van der Waals surface area contributed by atoms with Crippen molar-refractivity contribution in [1.82, 2.24) is 10.2 Å². The van der Waals surface area contributed by atoms with Crippen molar-refractivity contribution in [2.24, 2.45) is 0 Å². The molecule has 138 valence electrons. The number of ether oxygens (including phenoxy) is 1. The lowest BCUT2D eigenvalue weighted by molar-refractivity contribution is -0.137. The van der Waals surface area contributed by atoms with Gasteiger partial charge in [0.15, 0.2) is 0 Å². The SMILES string of the molecule is CCC1CN(C(=O)NC(CCC(=O)O)Cc2ccccc2)CC(C)O1. The van der Waals surface area contributed by atoms with Crippen LogP contribution in [0.5, 0.6) is 0 Å². The van der Waals surface area contributed by atoms with Crippen molar-refractivity contribution in [3.63, 3.8) is 0 Å². The standard InChI is InChI=1S/C19H28N2O4/c1-3-17-13-21(12-14(2)25-17)19(24)20-16(9-10-18(22)23)11-15-7-5-4-6-8-15/h4-8,14,16-17H,3,9-13H2,1-2H3,(H,20,24)(H,22,23).